The molecule has 1 amide bonds. The van der Waals surface area contributed by atoms with E-state index in [4.69, 9.17) is 0 Å². The lowest BCUT2D eigenvalue weighted by molar-refractivity contribution is 0.0939. The first kappa shape index (κ1) is 20.1. The predicted molar refractivity (Wildman–Crippen MR) is 98.8 cm³/mol. The summed E-state index contributed by atoms with van der Waals surface area (Å²) in [5, 5.41) is 2.79. The Morgan fingerprint density at radius 2 is 1.69 bits per heavy atom. The standard InChI is InChI=1S/C19H23FN2O3S/c1-13(2)22(4)26(24,25)18-7-5-6-16(12-18)19(23)21-14(3)15-8-10-17(20)11-9-15/h5-14H,1-4H3,(H,21,23). The van der Waals surface area contributed by atoms with Gasteiger partial charge in [-0.15, -0.1) is 0 Å². The molecule has 0 bridgehead atoms. The molecule has 0 saturated carbocycles. The molecule has 0 radical (unpaired) electrons. The van der Waals surface area contributed by atoms with Crippen LogP contribution in [0.4, 0.5) is 4.39 Å². The van der Waals surface area contributed by atoms with Crippen molar-refractivity contribution < 1.29 is 17.6 Å². The van der Waals surface area contributed by atoms with Crippen LogP contribution in [0, 0.1) is 5.82 Å². The minimum Gasteiger partial charge on any atom is -0.346 e. The van der Waals surface area contributed by atoms with Crippen LogP contribution in [0.1, 0.15) is 42.7 Å². The van der Waals surface area contributed by atoms with Crippen molar-refractivity contribution in [2.24, 2.45) is 0 Å². The van der Waals surface area contributed by atoms with Gasteiger partial charge in [0.05, 0.1) is 10.9 Å². The molecule has 0 aliphatic carbocycles. The largest absolute Gasteiger partial charge is 0.346 e. The molecule has 0 aliphatic heterocycles. The SMILES string of the molecule is CC(NC(=O)c1cccc(S(=O)(=O)N(C)C(C)C)c1)c1ccc(F)cc1. The molecule has 1 atom stereocenters. The van der Waals surface area contributed by atoms with Gasteiger partial charge in [0.2, 0.25) is 10.0 Å². The molecule has 5 nitrogen and oxygen atoms in total. The molecule has 0 saturated heterocycles. The van der Waals surface area contributed by atoms with E-state index in [1.165, 1.54) is 35.6 Å². The van der Waals surface area contributed by atoms with Gasteiger partial charge in [-0.25, -0.2) is 12.8 Å². The van der Waals surface area contributed by atoms with E-state index in [9.17, 15) is 17.6 Å². The Balaban J connectivity index is 2.21. The molecule has 140 valence electrons. The number of rotatable bonds is 6. The molecule has 0 fully saturated rings. The highest BCUT2D eigenvalue weighted by atomic mass is 32.2. The third kappa shape index (κ3) is 4.47. The van der Waals surface area contributed by atoms with Gasteiger partial charge in [0, 0.05) is 18.7 Å². The summed E-state index contributed by atoms with van der Waals surface area (Å²) >= 11 is 0. The fourth-order valence-electron chi connectivity index (χ4n) is 2.36. The summed E-state index contributed by atoms with van der Waals surface area (Å²) in [4.78, 5) is 12.6. The van der Waals surface area contributed by atoms with Crippen molar-refractivity contribution in [2.75, 3.05) is 7.05 Å². The number of halogens is 1. The molecule has 0 spiro atoms. The zero-order valence-corrected chi connectivity index (χ0v) is 16.0. The predicted octanol–water partition coefficient (Wildman–Crippen LogP) is 3.35. The van der Waals surface area contributed by atoms with Crippen molar-refractivity contribution in [3.63, 3.8) is 0 Å². The van der Waals surface area contributed by atoms with E-state index in [0.717, 1.165) is 5.56 Å². The summed E-state index contributed by atoms with van der Waals surface area (Å²) in [5.74, 6) is -0.745. The average molecular weight is 378 g/mol. The number of carbonyl (C=O) groups is 1. The molecule has 1 N–H and O–H groups in total. The van der Waals surface area contributed by atoms with Crippen molar-refractivity contribution in [2.45, 2.75) is 37.8 Å². The van der Waals surface area contributed by atoms with Crippen LogP contribution in [0.3, 0.4) is 0 Å². The Morgan fingerprint density at radius 3 is 2.27 bits per heavy atom. The highest BCUT2D eigenvalue weighted by Crippen LogP contribution is 2.19. The second-order valence-electron chi connectivity index (χ2n) is 6.39. The van der Waals surface area contributed by atoms with Crippen LogP contribution in [0.5, 0.6) is 0 Å². The summed E-state index contributed by atoms with van der Waals surface area (Å²) in [6.45, 7) is 5.33. The topological polar surface area (TPSA) is 66.5 Å². The van der Waals surface area contributed by atoms with Crippen molar-refractivity contribution in [3.8, 4) is 0 Å². The lowest BCUT2D eigenvalue weighted by Gasteiger charge is -2.21. The summed E-state index contributed by atoms with van der Waals surface area (Å²) in [7, 11) is -2.16. The Kier molecular flexibility index (Phi) is 6.15. The fourth-order valence-corrected chi connectivity index (χ4v) is 3.77. The molecule has 0 aromatic heterocycles. The summed E-state index contributed by atoms with van der Waals surface area (Å²) in [6.07, 6.45) is 0. The van der Waals surface area contributed by atoms with Crippen LogP contribution in [0.25, 0.3) is 0 Å². The minimum absolute atomic E-state index is 0.0655. The molecule has 2 aromatic carbocycles. The van der Waals surface area contributed by atoms with Crippen LogP contribution >= 0.6 is 0 Å². The van der Waals surface area contributed by atoms with Gasteiger partial charge in [-0.1, -0.05) is 18.2 Å². The maximum atomic E-state index is 13.0. The lowest BCUT2D eigenvalue weighted by atomic mass is 10.1. The molecule has 1 unspecified atom stereocenters. The van der Waals surface area contributed by atoms with Gasteiger partial charge >= 0.3 is 0 Å². The Morgan fingerprint density at radius 1 is 1.08 bits per heavy atom. The molecule has 0 heterocycles. The molecule has 7 heteroatoms. The van der Waals surface area contributed by atoms with Gasteiger partial charge in [-0.3, -0.25) is 4.79 Å². The van der Waals surface area contributed by atoms with E-state index < -0.39 is 15.9 Å². The number of sulfonamides is 1. The second kappa shape index (κ2) is 7.97. The van der Waals surface area contributed by atoms with Crippen LogP contribution in [0.2, 0.25) is 0 Å². The van der Waals surface area contributed by atoms with Crippen molar-refractivity contribution >= 4 is 15.9 Å². The Hall–Kier alpha value is -2.25. The zero-order valence-electron chi connectivity index (χ0n) is 15.2. The highest BCUT2D eigenvalue weighted by molar-refractivity contribution is 7.89. The maximum Gasteiger partial charge on any atom is 0.251 e. The number of hydrogen-bond acceptors (Lipinski definition) is 3. The first-order valence-electron chi connectivity index (χ1n) is 8.27. The summed E-state index contributed by atoms with van der Waals surface area (Å²) < 4.78 is 39.4. The number of nitrogens with one attached hydrogen (secondary N) is 1. The highest BCUT2D eigenvalue weighted by Gasteiger charge is 2.24. The van der Waals surface area contributed by atoms with E-state index in [1.807, 2.05) is 0 Å². The molecular formula is C19H23FN2O3S. The molecule has 26 heavy (non-hydrogen) atoms. The molecular weight excluding hydrogens is 355 g/mol. The van der Waals surface area contributed by atoms with E-state index in [-0.39, 0.29) is 28.4 Å². The van der Waals surface area contributed by atoms with Crippen LogP contribution in [-0.4, -0.2) is 31.7 Å². The summed E-state index contributed by atoms with van der Waals surface area (Å²) in [5.41, 5.74) is 1.00. The molecule has 2 rings (SSSR count). The maximum absolute atomic E-state index is 13.0. The van der Waals surface area contributed by atoms with Gasteiger partial charge in [0.1, 0.15) is 5.82 Å². The number of nitrogens with zero attached hydrogens (tertiary/aromatic N) is 1. The number of amides is 1. The smallest absolute Gasteiger partial charge is 0.251 e. The first-order valence-corrected chi connectivity index (χ1v) is 9.71. The van der Waals surface area contributed by atoms with Crippen molar-refractivity contribution in [1.29, 1.82) is 0 Å². The number of benzene rings is 2. The van der Waals surface area contributed by atoms with Gasteiger partial charge in [0.25, 0.3) is 5.91 Å². The Bertz CT molecular complexity index is 880. The van der Waals surface area contributed by atoms with Gasteiger partial charge < -0.3 is 5.32 Å². The van der Waals surface area contributed by atoms with E-state index in [0.29, 0.717) is 0 Å². The van der Waals surface area contributed by atoms with E-state index in [1.54, 1.807) is 45.0 Å². The quantitative estimate of drug-likeness (QED) is 0.838. The zero-order chi connectivity index (χ0) is 19.5. The summed E-state index contributed by atoms with van der Waals surface area (Å²) in [6, 6.07) is 11.2. The average Bonchev–Trinajstić information content (AvgIpc) is 2.61. The lowest BCUT2D eigenvalue weighted by Crippen LogP contribution is -2.33. The first-order chi connectivity index (χ1) is 12.1. The van der Waals surface area contributed by atoms with Crippen LogP contribution in [0.15, 0.2) is 53.4 Å². The van der Waals surface area contributed by atoms with Gasteiger partial charge in [-0.05, 0) is 56.7 Å². The van der Waals surface area contributed by atoms with Crippen LogP contribution < -0.4 is 5.32 Å². The molecule has 0 aliphatic rings. The fraction of sp³-hybridized carbons (Fsp3) is 0.316. The van der Waals surface area contributed by atoms with Crippen LogP contribution in [-0.2, 0) is 10.0 Å². The van der Waals surface area contributed by atoms with Gasteiger partial charge in [0.15, 0.2) is 0 Å². The minimum atomic E-state index is -3.67. The third-order valence-electron chi connectivity index (χ3n) is 4.22. The monoisotopic (exact) mass is 378 g/mol. The normalized spacial score (nSPS) is 13.0. The second-order valence-corrected chi connectivity index (χ2v) is 8.39. The van der Waals surface area contributed by atoms with Crippen molar-refractivity contribution in [3.05, 3.63) is 65.5 Å². The van der Waals surface area contributed by atoms with Crippen molar-refractivity contribution in [1.82, 2.24) is 9.62 Å². The Labute approximate surface area is 153 Å². The number of carbonyl (C=O) groups excluding carboxylic acids is 1. The number of hydrogen-bond donors (Lipinski definition) is 1. The van der Waals surface area contributed by atoms with E-state index >= 15 is 0 Å². The third-order valence-corrected chi connectivity index (χ3v) is 6.25. The van der Waals surface area contributed by atoms with E-state index in [2.05, 4.69) is 5.32 Å². The molecule has 2 aromatic rings. The van der Waals surface area contributed by atoms with Gasteiger partial charge in [-0.2, -0.15) is 4.31 Å².